The zero-order valence-electron chi connectivity index (χ0n) is 19.1. The summed E-state index contributed by atoms with van der Waals surface area (Å²) in [7, 11) is 4.51. The van der Waals surface area contributed by atoms with Gasteiger partial charge in [0.05, 0.1) is 21.3 Å². The first-order chi connectivity index (χ1) is 15.3. The molecule has 8 heteroatoms. The van der Waals surface area contributed by atoms with Crippen molar-refractivity contribution in [2.24, 2.45) is 0 Å². The number of benzene rings is 2. The third kappa shape index (κ3) is 4.74. The average Bonchev–Trinajstić information content (AvgIpc) is 3.24. The maximum Gasteiger partial charge on any atom is 0.291 e. The molecule has 0 saturated heterocycles. The second kappa shape index (κ2) is 9.55. The third-order valence-electron chi connectivity index (χ3n) is 4.97. The maximum atomic E-state index is 12.8. The fraction of sp³-hybridized carbons (Fsp3) is 0.292. The van der Waals surface area contributed by atoms with Crippen molar-refractivity contribution in [3.63, 3.8) is 0 Å². The first-order valence-corrected chi connectivity index (χ1v) is 10.1. The van der Waals surface area contributed by atoms with Gasteiger partial charge >= 0.3 is 0 Å². The Morgan fingerprint density at radius 1 is 0.969 bits per heavy atom. The Bertz CT molecular complexity index is 1090. The topological polar surface area (TPSA) is 105 Å². The number of nitrogens with two attached hydrogens (primary N) is 1. The third-order valence-corrected chi connectivity index (χ3v) is 4.97. The normalized spacial score (nSPS) is 10.7. The minimum Gasteiger partial charge on any atom is -0.496 e. The number of rotatable bonds is 8. The largest absolute Gasteiger partial charge is 0.496 e. The van der Waals surface area contributed by atoms with Crippen molar-refractivity contribution in [3.8, 4) is 28.9 Å². The number of furan rings is 1. The summed E-state index contributed by atoms with van der Waals surface area (Å²) in [5.74, 6) is 1.92. The molecular weight excluding hydrogens is 412 g/mol. The lowest BCUT2D eigenvalue weighted by Crippen LogP contribution is -2.13. The lowest BCUT2D eigenvalue weighted by atomic mass is 9.99. The molecule has 0 aliphatic heterocycles. The molecule has 3 N–H and O–H groups in total. The SMILES string of the molecule is COc1cc(OC)c(NC(=O)c2ccc(Oc3cc(C(C)C)c(N)cc3C)o2)c(OC)c1. The van der Waals surface area contributed by atoms with E-state index in [4.69, 9.17) is 29.1 Å². The van der Waals surface area contributed by atoms with Crippen LogP contribution in [0.4, 0.5) is 11.4 Å². The van der Waals surface area contributed by atoms with E-state index in [1.54, 1.807) is 18.2 Å². The number of ether oxygens (including phenoxy) is 4. The van der Waals surface area contributed by atoms with Gasteiger partial charge in [-0.15, -0.1) is 0 Å². The Labute approximate surface area is 187 Å². The zero-order chi connectivity index (χ0) is 23.4. The highest BCUT2D eigenvalue weighted by atomic mass is 16.6. The molecule has 0 radical (unpaired) electrons. The summed E-state index contributed by atoms with van der Waals surface area (Å²) in [4.78, 5) is 12.8. The lowest BCUT2D eigenvalue weighted by molar-refractivity contribution is 0.0991. The van der Waals surface area contributed by atoms with Crippen LogP contribution >= 0.6 is 0 Å². The predicted octanol–water partition coefficient (Wildman–Crippen LogP) is 5.36. The second-order valence-electron chi connectivity index (χ2n) is 7.48. The lowest BCUT2D eigenvalue weighted by Gasteiger charge is -2.15. The van der Waals surface area contributed by atoms with Crippen molar-refractivity contribution < 1.29 is 28.2 Å². The smallest absolute Gasteiger partial charge is 0.291 e. The molecule has 0 saturated carbocycles. The number of carbonyl (C=O) groups excluding carboxylic acids is 1. The molecule has 0 spiro atoms. The number of carbonyl (C=O) groups is 1. The summed E-state index contributed by atoms with van der Waals surface area (Å²) >= 11 is 0. The highest BCUT2D eigenvalue weighted by Gasteiger charge is 2.20. The zero-order valence-corrected chi connectivity index (χ0v) is 19.1. The first kappa shape index (κ1) is 22.9. The van der Waals surface area contributed by atoms with Crippen LogP contribution in [0.25, 0.3) is 0 Å². The summed E-state index contributed by atoms with van der Waals surface area (Å²) in [6.07, 6.45) is 0. The number of methoxy groups -OCH3 is 3. The van der Waals surface area contributed by atoms with Crippen molar-refractivity contribution >= 4 is 17.3 Å². The first-order valence-electron chi connectivity index (χ1n) is 10.1. The van der Waals surface area contributed by atoms with Gasteiger partial charge in [0, 0.05) is 23.9 Å². The maximum absolute atomic E-state index is 12.8. The van der Waals surface area contributed by atoms with Crippen LogP contribution in [-0.4, -0.2) is 27.2 Å². The number of hydrogen-bond donors (Lipinski definition) is 2. The summed E-state index contributed by atoms with van der Waals surface area (Å²) in [5.41, 5.74) is 9.02. The number of nitrogen functional groups attached to an aromatic ring is 1. The van der Waals surface area contributed by atoms with Crippen LogP contribution in [0.3, 0.4) is 0 Å². The Morgan fingerprint density at radius 2 is 1.62 bits per heavy atom. The van der Waals surface area contributed by atoms with Gasteiger partial charge in [-0.05, 0) is 42.2 Å². The summed E-state index contributed by atoms with van der Waals surface area (Å²) < 4.78 is 27.5. The van der Waals surface area contributed by atoms with Crippen LogP contribution in [0.1, 0.15) is 41.4 Å². The van der Waals surface area contributed by atoms with Crippen molar-refractivity contribution in [1.29, 1.82) is 0 Å². The van der Waals surface area contributed by atoms with Gasteiger partial charge in [-0.25, -0.2) is 0 Å². The molecule has 8 nitrogen and oxygen atoms in total. The van der Waals surface area contributed by atoms with E-state index >= 15 is 0 Å². The Morgan fingerprint density at radius 3 is 2.19 bits per heavy atom. The average molecular weight is 440 g/mol. The van der Waals surface area contributed by atoms with Gasteiger partial charge in [0.25, 0.3) is 11.9 Å². The molecule has 1 aromatic heterocycles. The van der Waals surface area contributed by atoms with E-state index in [0.717, 1.165) is 11.1 Å². The van der Waals surface area contributed by atoms with E-state index in [1.165, 1.54) is 27.4 Å². The van der Waals surface area contributed by atoms with Gasteiger partial charge < -0.3 is 34.4 Å². The van der Waals surface area contributed by atoms with Gasteiger partial charge in [-0.2, -0.15) is 0 Å². The van der Waals surface area contributed by atoms with Crippen molar-refractivity contribution in [2.45, 2.75) is 26.7 Å². The fourth-order valence-corrected chi connectivity index (χ4v) is 3.25. The van der Waals surface area contributed by atoms with Gasteiger partial charge in [0.15, 0.2) is 5.76 Å². The number of anilines is 2. The van der Waals surface area contributed by atoms with Crippen molar-refractivity contribution in [2.75, 3.05) is 32.4 Å². The van der Waals surface area contributed by atoms with Gasteiger partial charge in [-0.3, -0.25) is 4.79 Å². The molecule has 0 atom stereocenters. The standard InChI is InChI=1S/C24H28N2O6/c1-13(2)16-12-19(14(3)9-17(16)25)32-22-8-7-18(31-22)24(27)26-23-20(29-5)10-15(28-4)11-21(23)30-6/h7-13H,25H2,1-6H3,(H,26,27). The van der Waals surface area contributed by atoms with Crippen molar-refractivity contribution in [1.82, 2.24) is 0 Å². The van der Waals surface area contributed by atoms with E-state index in [1.807, 2.05) is 19.1 Å². The highest BCUT2D eigenvalue weighted by Crippen LogP contribution is 2.39. The molecule has 0 aliphatic rings. The number of hydrogen-bond acceptors (Lipinski definition) is 7. The van der Waals surface area contributed by atoms with Crippen LogP contribution in [-0.2, 0) is 0 Å². The van der Waals surface area contributed by atoms with Crippen LogP contribution < -0.4 is 30.0 Å². The Balaban J connectivity index is 1.83. The van der Waals surface area contributed by atoms with E-state index < -0.39 is 5.91 Å². The Kier molecular flexibility index (Phi) is 6.82. The monoisotopic (exact) mass is 440 g/mol. The quantitative estimate of drug-likeness (QED) is 0.454. The van der Waals surface area contributed by atoms with E-state index in [2.05, 4.69) is 19.2 Å². The highest BCUT2D eigenvalue weighted by molar-refractivity contribution is 6.04. The minimum absolute atomic E-state index is 0.0668. The van der Waals surface area contributed by atoms with Crippen LogP contribution in [0, 0.1) is 6.92 Å². The van der Waals surface area contributed by atoms with Crippen molar-refractivity contribution in [3.05, 3.63) is 53.3 Å². The summed E-state index contributed by atoms with van der Waals surface area (Å²) in [6.45, 7) is 6.01. The Hall–Kier alpha value is -3.81. The number of aryl methyl sites for hydroxylation is 1. The van der Waals surface area contributed by atoms with Crippen LogP contribution in [0.15, 0.2) is 40.8 Å². The number of amides is 1. The van der Waals surface area contributed by atoms with Crippen LogP contribution in [0.2, 0.25) is 0 Å². The molecule has 0 bridgehead atoms. The summed E-state index contributed by atoms with van der Waals surface area (Å²) in [6, 6.07) is 10.2. The number of nitrogens with one attached hydrogen (secondary N) is 1. The van der Waals surface area contributed by atoms with Crippen LogP contribution in [0.5, 0.6) is 28.9 Å². The molecular formula is C24H28N2O6. The molecule has 32 heavy (non-hydrogen) atoms. The molecule has 3 aromatic rings. The molecule has 0 aliphatic carbocycles. The molecule has 170 valence electrons. The van der Waals surface area contributed by atoms with Gasteiger partial charge in [0.1, 0.15) is 28.7 Å². The molecule has 0 unspecified atom stereocenters. The predicted molar refractivity (Wildman–Crippen MR) is 123 cm³/mol. The molecule has 1 heterocycles. The van der Waals surface area contributed by atoms with Gasteiger partial charge in [-0.1, -0.05) is 13.8 Å². The van der Waals surface area contributed by atoms with E-state index in [0.29, 0.717) is 34.4 Å². The second-order valence-corrected chi connectivity index (χ2v) is 7.48. The fourth-order valence-electron chi connectivity index (χ4n) is 3.25. The molecule has 2 aromatic carbocycles. The summed E-state index contributed by atoms with van der Waals surface area (Å²) in [5, 5.41) is 2.76. The van der Waals surface area contributed by atoms with E-state index in [-0.39, 0.29) is 17.6 Å². The molecule has 0 fully saturated rings. The molecule has 1 amide bonds. The minimum atomic E-state index is -0.487. The van der Waals surface area contributed by atoms with E-state index in [9.17, 15) is 4.79 Å². The molecule has 3 rings (SSSR count). The van der Waals surface area contributed by atoms with Gasteiger partial charge in [0.2, 0.25) is 0 Å².